The summed E-state index contributed by atoms with van der Waals surface area (Å²) in [5.74, 6) is 0.957. The van der Waals surface area contributed by atoms with Gasteiger partial charge in [0, 0.05) is 50.4 Å². The predicted molar refractivity (Wildman–Crippen MR) is 116 cm³/mol. The maximum atomic E-state index is 12.8. The molecule has 2 aromatic carbocycles. The van der Waals surface area contributed by atoms with Crippen molar-refractivity contribution in [2.24, 2.45) is 5.92 Å². The van der Waals surface area contributed by atoms with Crippen molar-refractivity contribution in [3.63, 3.8) is 0 Å². The highest BCUT2D eigenvalue weighted by molar-refractivity contribution is 6.00. The zero-order chi connectivity index (χ0) is 21.2. The maximum absolute atomic E-state index is 12.8. The highest BCUT2D eigenvalue weighted by Gasteiger charge is 2.36. The van der Waals surface area contributed by atoms with Crippen LogP contribution in [-0.2, 0) is 16.1 Å². The Kier molecular flexibility index (Phi) is 5.51. The van der Waals surface area contributed by atoms with Crippen LogP contribution in [0.5, 0.6) is 11.5 Å². The van der Waals surface area contributed by atoms with Gasteiger partial charge in [-0.15, -0.1) is 0 Å². The van der Waals surface area contributed by atoms with E-state index in [-0.39, 0.29) is 37.0 Å². The smallest absolute Gasteiger partial charge is 0.231 e. The van der Waals surface area contributed by atoms with E-state index < -0.39 is 0 Å². The van der Waals surface area contributed by atoms with Gasteiger partial charge in [-0.3, -0.25) is 14.5 Å². The van der Waals surface area contributed by atoms with E-state index in [9.17, 15) is 9.59 Å². The lowest BCUT2D eigenvalue weighted by atomic mass is 10.0. The van der Waals surface area contributed by atoms with Gasteiger partial charge in [-0.1, -0.05) is 30.3 Å². The topological polar surface area (TPSA) is 71.1 Å². The van der Waals surface area contributed by atoms with Crippen LogP contribution in [0, 0.1) is 5.92 Å². The SMILES string of the molecule is O=C(NC1CCN(Cc2ccccc2)CC1)C1CC(=O)N(c2ccc3c(c2)OCO3)C1. The zero-order valence-electron chi connectivity index (χ0n) is 17.5. The van der Waals surface area contributed by atoms with Gasteiger partial charge in [0.1, 0.15) is 0 Å². The van der Waals surface area contributed by atoms with Gasteiger partial charge in [-0.25, -0.2) is 0 Å². The monoisotopic (exact) mass is 421 g/mol. The zero-order valence-corrected chi connectivity index (χ0v) is 17.5. The molecule has 0 aliphatic carbocycles. The summed E-state index contributed by atoms with van der Waals surface area (Å²) in [7, 11) is 0. The molecule has 3 aliphatic heterocycles. The molecule has 7 nitrogen and oxygen atoms in total. The van der Waals surface area contributed by atoms with E-state index in [2.05, 4.69) is 34.5 Å². The average molecular weight is 421 g/mol. The number of piperidine rings is 1. The van der Waals surface area contributed by atoms with E-state index in [4.69, 9.17) is 9.47 Å². The van der Waals surface area contributed by atoms with E-state index in [1.165, 1.54) is 5.56 Å². The first kappa shape index (κ1) is 19.9. The molecule has 1 atom stereocenters. The fourth-order valence-electron chi connectivity index (χ4n) is 4.58. The molecule has 2 aromatic rings. The third-order valence-electron chi connectivity index (χ3n) is 6.35. The van der Waals surface area contributed by atoms with Gasteiger partial charge >= 0.3 is 0 Å². The number of likely N-dealkylation sites (tertiary alicyclic amines) is 1. The molecule has 1 N–H and O–H groups in total. The number of fused-ring (bicyclic) bond motifs is 1. The summed E-state index contributed by atoms with van der Waals surface area (Å²) in [5, 5.41) is 3.19. The second-order valence-electron chi connectivity index (χ2n) is 8.49. The second-order valence-corrected chi connectivity index (χ2v) is 8.49. The Morgan fingerprint density at radius 1 is 1.03 bits per heavy atom. The minimum Gasteiger partial charge on any atom is -0.454 e. The molecule has 1 unspecified atom stereocenters. The molecule has 162 valence electrons. The summed E-state index contributed by atoms with van der Waals surface area (Å²) in [6, 6.07) is 16.1. The number of nitrogens with one attached hydrogen (secondary N) is 1. The van der Waals surface area contributed by atoms with Crippen molar-refractivity contribution in [2.45, 2.75) is 31.8 Å². The van der Waals surface area contributed by atoms with Crippen molar-refractivity contribution in [1.29, 1.82) is 0 Å². The summed E-state index contributed by atoms with van der Waals surface area (Å²) in [6.07, 6.45) is 2.11. The van der Waals surface area contributed by atoms with Crippen LogP contribution < -0.4 is 19.7 Å². The third kappa shape index (κ3) is 4.37. The predicted octanol–water partition coefficient (Wildman–Crippen LogP) is 2.55. The van der Waals surface area contributed by atoms with Crippen molar-refractivity contribution in [2.75, 3.05) is 31.3 Å². The molecule has 0 saturated carbocycles. The molecule has 2 fully saturated rings. The normalized spacial score (nSPS) is 21.5. The highest BCUT2D eigenvalue weighted by atomic mass is 16.7. The first-order chi connectivity index (χ1) is 15.2. The molecule has 0 bridgehead atoms. The molecular formula is C24H27N3O4. The van der Waals surface area contributed by atoms with Gasteiger partial charge in [0.05, 0.1) is 5.92 Å². The fraction of sp³-hybridized carbons (Fsp3) is 0.417. The Morgan fingerprint density at radius 2 is 1.81 bits per heavy atom. The van der Waals surface area contributed by atoms with Crippen LogP contribution in [0.25, 0.3) is 0 Å². The fourth-order valence-corrected chi connectivity index (χ4v) is 4.58. The lowest BCUT2D eigenvalue weighted by molar-refractivity contribution is -0.127. The maximum Gasteiger partial charge on any atom is 0.231 e. The number of carbonyl (C=O) groups is 2. The number of anilines is 1. The molecule has 0 radical (unpaired) electrons. The standard InChI is InChI=1S/C24H27N3O4/c28-23-12-18(15-27(23)20-6-7-21-22(13-20)31-16-30-21)24(29)25-19-8-10-26(11-9-19)14-17-4-2-1-3-5-17/h1-7,13,18-19H,8-12,14-16H2,(H,25,29). The number of nitrogens with zero attached hydrogens (tertiary/aromatic N) is 2. The van der Waals surface area contributed by atoms with Crippen LogP contribution in [0.2, 0.25) is 0 Å². The average Bonchev–Trinajstić information content (AvgIpc) is 3.42. The third-order valence-corrected chi connectivity index (χ3v) is 6.35. The van der Waals surface area contributed by atoms with Gasteiger partial charge in [0.25, 0.3) is 0 Å². The number of carbonyl (C=O) groups excluding carboxylic acids is 2. The number of benzene rings is 2. The summed E-state index contributed by atoms with van der Waals surface area (Å²) < 4.78 is 10.7. The van der Waals surface area contributed by atoms with Crippen LogP contribution in [0.3, 0.4) is 0 Å². The van der Waals surface area contributed by atoms with Crippen LogP contribution in [-0.4, -0.2) is 49.2 Å². The van der Waals surface area contributed by atoms with Crippen molar-refractivity contribution < 1.29 is 19.1 Å². The largest absolute Gasteiger partial charge is 0.454 e. The van der Waals surface area contributed by atoms with Crippen LogP contribution in [0.1, 0.15) is 24.8 Å². The molecule has 0 spiro atoms. The molecule has 0 aromatic heterocycles. The Bertz CT molecular complexity index is 957. The molecular weight excluding hydrogens is 394 g/mol. The van der Waals surface area contributed by atoms with E-state index in [1.54, 1.807) is 4.90 Å². The Hall–Kier alpha value is -3.06. The van der Waals surface area contributed by atoms with Crippen LogP contribution >= 0.6 is 0 Å². The van der Waals surface area contributed by atoms with Crippen molar-refractivity contribution in [3.05, 3.63) is 54.1 Å². The minimum absolute atomic E-state index is 0.0156. The van der Waals surface area contributed by atoms with Gasteiger partial charge in [-0.2, -0.15) is 0 Å². The Morgan fingerprint density at radius 3 is 2.61 bits per heavy atom. The summed E-state index contributed by atoms with van der Waals surface area (Å²) >= 11 is 0. The van der Waals surface area contributed by atoms with E-state index >= 15 is 0 Å². The van der Waals surface area contributed by atoms with E-state index in [0.717, 1.165) is 38.2 Å². The molecule has 2 saturated heterocycles. The Labute approximate surface area is 181 Å². The molecule has 2 amide bonds. The first-order valence-electron chi connectivity index (χ1n) is 10.9. The van der Waals surface area contributed by atoms with Crippen molar-refractivity contribution in [3.8, 4) is 11.5 Å². The minimum atomic E-state index is -0.319. The van der Waals surface area contributed by atoms with Gasteiger partial charge in [0.2, 0.25) is 18.6 Å². The summed E-state index contributed by atoms with van der Waals surface area (Å²) in [5.41, 5.74) is 2.07. The molecule has 3 heterocycles. The van der Waals surface area contributed by atoms with E-state index in [1.807, 2.05) is 24.3 Å². The highest BCUT2D eigenvalue weighted by Crippen LogP contribution is 2.37. The first-order valence-corrected chi connectivity index (χ1v) is 10.9. The number of ether oxygens (including phenoxy) is 2. The summed E-state index contributed by atoms with van der Waals surface area (Å²) in [6.45, 7) is 3.47. The van der Waals surface area contributed by atoms with Crippen LogP contribution in [0.15, 0.2) is 48.5 Å². The molecule has 31 heavy (non-hydrogen) atoms. The number of amides is 2. The number of hydrogen-bond acceptors (Lipinski definition) is 5. The summed E-state index contributed by atoms with van der Waals surface area (Å²) in [4.78, 5) is 29.5. The quantitative estimate of drug-likeness (QED) is 0.804. The van der Waals surface area contributed by atoms with E-state index in [0.29, 0.717) is 18.0 Å². The Balaban J connectivity index is 1.12. The molecule has 3 aliphatic rings. The number of hydrogen-bond donors (Lipinski definition) is 1. The van der Waals surface area contributed by atoms with Gasteiger partial charge in [0.15, 0.2) is 11.5 Å². The van der Waals surface area contributed by atoms with Crippen molar-refractivity contribution >= 4 is 17.5 Å². The molecule has 5 rings (SSSR count). The van der Waals surface area contributed by atoms with Gasteiger partial charge < -0.3 is 19.7 Å². The lowest BCUT2D eigenvalue weighted by Crippen LogP contribution is -2.46. The number of rotatable bonds is 5. The van der Waals surface area contributed by atoms with Crippen molar-refractivity contribution in [1.82, 2.24) is 10.2 Å². The second kappa shape index (κ2) is 8.59. The van der Waals surface area contributed by atoms with Gasteiger partial charge in [-0.05, 0) is 30.5 Å². The van der Waals surface area contributed by atoms with Crippen LogP contribution in [0.4, 0.5) is 5.69 Å². The lowest BCUT2D eigenvalue weighted by Gasteiger charge is -2.32. The molecule has 7 heteroatoms.